The van der Waals surface area contributed by atoms with Crippen molar-refractivity contribution in [3.63, 3.8) is 0 Å². The molecular formula is C18H34N2O2. The number of carbonyl (C=O) groups excluding carboxylic acids is 1. The molecular weight excluding hydrogens is 276 g/mol. The molecule has 1 heterocycles. The molecule has 1 aliphatic heterocycles. The minimum absolute atomic E-state index is 0.149. The van der Waals surface area contributed by atoms with E-state index < -0.39 is 5.60 Å². The molecule has 0 aromatic rings. The second-order valence-corrected chi connectivity index (χ2v) is 8.30. The number of nitrogens with one attached hydrogen (secondary N) is 1. The number of nitrogens with zero attached hydrogens (tertiary/aromatic N) is 1. The van der Waals surface area contributed by atoms with Crippen molar-refractivity contribution in [3.8, 4) is 0 Å². The molecule has 1 N–H and O–H groups in total. The molecule has 1 amide bonds. The standard InChI is InChI=1S/C18H34N2O2/c1-14-7-9-16(10-8-14)19-12-15-6-5-11-20(13-15)17(21)22-18(2,3)4/h14-16,19H,5-13H2,1-4H3/t14-,15-,16-/m0/s1. The number of hydrogen-bond acceptors (Lipinski definition) is 3. The smallest absolute Gasteiger partial charge is 0.410 e. The molecule has 1 aliphatic carbocycles. The lowest BCUT2D eigenvalue weighted by molar-refractivity contribution is 0.0164. The van der Waals surface area contributed by atoms with E-state index in [9.17, 15) is 4.79 Å². The van der Waals surface area contributed by atoms with Crippen LogP contribution < -0.4 is 5.32 Å². The fraction of sp³-hybridized carbons (Fsp3) is 0.944. The van der Waals surface area contributed by atoms with Gasteiger partial charge in [-0.15, -0.1) is 0 Å². The van der Waals surface area contributed by atoms with E-state index in [1.54, 1.807) is 0 Å². The molecule has 0 aromatic carbocycles. The van der Waals surface area contributed by atoms with E-state index in [2.05, 4.69) is 12.2 Å². The highest BCUT2D eigenvalue weighted by Gasteiger charge is 2.28. The van der Waals surface area contributed by atoms with Gasteiger partial charge in [-0.25, -0.2) is 4.79 Å². The highest BCUT2D eigenvalue weighted by atomic mass is 16.6. The third kappa shape index (κ3) is 5.79. The molecule has 2 fully saturated rings. The summed E-state index contributed by atoms with van der Waals surface area (Å²) in [5.74, 6) is 1.47. The van der Waals surface area contributed by atoms with Crippen molar-refractivity contribution in [2.45, 2.75) is 77.9 Å². The van der Waals surface area contributed by atoms with E-state index in [1.807, 2.05) is 25.7 Å². The van der Waals surface area contributed by atoms with Crippen molar-refractivity contribution in [1.82, 2.24) is 10.2 Å². The lowest BCUT2D eigenvalue weighted by Gasteiger charge is -2.35. The number of piperidine rings is 1. The number of carbonyl (C=O) groups is 1. The normalized spacial score (nSPS) is 30.2. The molecule has 4 heteroatoms. The molecule has 2 aliphatic rings. The Morgan fingerprint density at radius 3 is 2.50 bits per heavy atom. The van der Waals surface area contributed by atoms with E-state index in [0.717, 1.165) is 32.0 Å². The molecule has 0 radical (unpaired) electrons. The van der Waals surface area contributed by atoms with Gasteiger partial charge in [0.1, 0.15) is 5.60 Å². The lowest BCUT2D eigenvalue weighted by atomic mass is 9.87. The van der Waals surface area contributed by atoms with Crippen LogP contribution in [0.1, 0.15) is 66.2 Å². The largest absolute Gasteiger partial charge is 0.444 e. The molecule has 4 nitrogen and oxygen atoms in total. The van der Waals surface area contributed by atoms with Crippen LogP contribution in [0.3, 0.4) is 0 Å². The van der Waals surface area contributed by atoms with E-state index in [1.165, 1.54) is 32.1 Å². The summed E-state index contributed by atoms with van der Waals surface area (Å²) < 4.78 is 5.50. The summed E-state index contributed by atoms with van der Waals surface area (Å²) in [7, 11) is 0. The second-order valence-electron chi connectivity index (χ2n) is 8.30. The maximum absolute atomic E-state index is 12.2. The van der Waals surface area contributed by atoms with E-state index in [0.29, 0.717) is 12.0 Å². The SMILES string of the molecule is CC(C)(C)OC(=O)N1CCC[C@@H](CN[C@H]2CC[C@H](C)CC2)C1. The van der Waals surface area contributed by atoms with Crippen LogP contribution >= 0.6 is 0 Å². The lowest BCUT2D eigenvalue weighted by Crippen LogP contribution is -2.46. The Morgan fingerprint density at radius 2 is 1.86 bits per heavy atom. The Labute approximate surface area is 136 Å². The van der Waals surface area contributed by atoms with Crippen LogP contribution in [-0.4, -0.2) is 42.3 Å². The van der Waals surface area contributed by atoms with Crippen LogP contribution in [0.5, 0.6) is 0 Å². The van der Waals surface area contributed by atoms with Gasteiger partial charge in [0.2, 0.25) is 0 Å². The van der Waals surface area contributed by atoms with E-state index in [4.69, 9.17) is 4.74 Å². The minimum atomic E-state index is -0.402. The Kier molecular flexibility index (Phi) is 6.13. The first-order valence-electron chi connectivity index (χ1n) is 9.05. The molecule has 0 unspecified atom stereocenters. The summed E-state index contributed by atoms with van der Waals surface area (Å²) in [5, 5.41) is 3.74. The number of ether oxygens (including phenoxy) is 1. The Balaban J connectivity index is 1.72. The van der Waals surface area contributed by atoms with Gasteiger partial charge in [0.25, 0.3) is 0 Å². The summed E-state index contributed by atoms with van der Waals surface area (Å²) in [4.78, 5) is 14.1. The Morgan fingerprint density at radius 1 is 1.18 bits per heavy atom. The minimum Gasteiger partial charge on any atom is -0.444 e. The van der Waals surface area contributed by atoms with Gasteiger partial charge in [0, 0.05) is 19.1 Å². The average Bonchev–Trinajstić information content (AvgIpc) is 2.45. The summed E-state index contributed by atoms with van der Waals surface area (Å²) >= 11 is 0. The molecule has 22 heavy (non-hydrogen) atoms. The van der Waals surface area contributed by atoms with Gasteiger partial charge in [0.15, 0.2) is 0 Å². The third-order valence-corrected chi connectivity index (χ3v) is 4.88. The maximum atomic E-state index is 12.2. The predicted octanol–water partition coefficient (Wildman–Crippen LogP) is 3.80. The van der Waals surface area contributed by atoms with Gasteiger partial charge in [-0.2, -0.15) is 0 Å². The van der Waals surface area contributed by atoms with Crippen molar-refractivity contribution < 1.29 is 9.53 Å². The fourth-order valence-electron chi connectivity index (χ4n) is 3.52. The van der Waals surface area contributed by atoms with Crippen LogP contribution in [0.25, 0.3) is 0 Å². The summed E-state index contributed by atoms with van der Waals surface area (Å²) in [6.07, 6.45) is 7.48. The van der Waals surface area contributed by atoms with Crippen LogP contribution in [0.4, 0.5) is 4.79 Å². The first-order chi connectivity index (χ1) is 10.3. The predicted molar refractivity (Wildman–Crippen MR) is 90.0 cm³/mol. The molecule has 0 spiro atoms. The zero-order valence-corrected chi connectivity index (χ0v) is 14.9. The van der Waals surface area contributed by atoms with Gasteiger partial charge < -0.3 is 15.0 Å². The van der Waals surface area contributed by atoms with E-state index >= 15 is 0 Å². The van der Waals surface area contributed by atoms with E-state index in [-0.39, 0.29) is 6.09 Å². The number of amides is 1. The monoisotopic (exact) mass is 310 g/mol. The first kappa shape index (κ1) is 17.6. The van der Waals surface area contributed by atoms with Gasteiger partial charge >= 0.3 is 6.09 Å². The molecule has 1 saturated carbocycles. The van der Waals surface area contributed by atoms with Crippen molar-refractivity contribution >= 4 is 6.09 Å². The van der Waals surface area contributed by atoms with Crippen molar-refractivity contribution in [3.05, 3.63) is 0 Å². The maximum Gasteiger partial charge on any atom is 0.410 e. The molecule has 128 valence electrons. The first-order valence-corrected chi connectivity index (χ1v) is 9.05. The van der Waals surface area contributed by atoms with Crippen molar-refractivity contribution in [2.24, 2.45) is 11.8 Å². The summed E-state index contributed by atoms with van der Waals surface area (Å²) in [6, 6.07) is 0.688. The molecule has 2 rings (SSSR count). The number of hydrogen-bond donors (Lipinski definition) is 1. The molecule has 0 aromatic heterocycles. The summed E-state index contributed by atoms with van der Waals surface area (Å²) in [6.45, 7) is 10.9. The van der Waals surface area contributed by atoms with Crippen molar-refractivity contribution in [1.29, 1.82) is 0 Å². The van der Waals surface area contributed by atoms with Crippen LogP contribution in [-0.2, 0) is 4.74 Å². The van der Waals surface area contributed by atoms with Crippen LogP contribution in [0.2, 0.25) is 0 Å². The van der Waals surface area contributed by atoms with Gasteiger partial charge in [-0.1, -0.05) is 6.92 Å². The quantitative estimate of drug-likeness (QED) is 0.862. The zero-order valence-electron chi connectivity index (χ0n) is 14.9. The van der Waals surface area contributed by atoms with Gasteiger partial charge in [-0.05, 0) is 77.7 Å². The summed E-state index contributed by atoms with van der Waals surface area (Å²) in [5.41, 5.74) is -0.402. The number of rotatable bonds is 3. The molecule has 1 atom stereocenters. The average molecular weight is 310 g/mol. The molecule has 1 saturated heterocycles. The van der Waals surface area contributed by atoms with Crippen LogP contribution in [0.15, 0.2) is 0 Å². The fourth-order valence-corrected chi connectivity index (χ4v) is 3.52. The highest BCUT2D eigenvalue weighted by Crippen LogP contribution is 2.24. The second kappa shape index (κ2) is 7.67. The van der Waals surface area contributed by atoms with Gasteiger partial charge in [-0.3, -0.25) is 0 Å². The number of likely N-dealkylation sites (tertiary alicyclic amines) is 1. The zero-order chi connectivity index (χ0) is 16.2. The van der Waals surface area contributed by atoms with Crippen molar-refractivity contribution in [2.75, 3.05) is 19.6 Å². The van der Waals surface area contributed by atoms with Crippen LogP contribution in [0, 0.1) is 11.8 Å². The molecule has 0 bridgehead atoms. The Bertz CT molecular complexity index is 357. The highest BCUT2D eigenvalue weighted by molar-refractivity contribution is 5.68. The van der Waals surface area contributed by atoms with Gasteiger partial charge in [0.05, 0.1) is 0 Å². The Hall–Kier alpha value is -0.770. The third-order valence-electron chi connectivity index (χ3n) is 4.88. The topological polar surface area (TPSA) is 41.6 Å².